The van der Waals surface area contributed by atoms with Crippen LogP contribution < -0.4 is 0 Å². The van der Waals surface area contributed by atoms with Crippen molar-refractivity contribution in [3.05, 3.63) is 76.6 Å². The van der Waals surface area contributed by atoms with E-state index < -0.39 is 10.0 Å². The SMILES string of the molecule is Cc1ccc(-n2ncc(C(=O)N3CCN(S(=O)(=O)c4cc(C)ccc4C)CC3)c2C)cc1. The van der Waals surface area contributed by atoms with Crippen LogP contribution in [0.5, 0.6) is 0 Å². The lowest BCUT2D eigenvalue weighted by Gasteiger charge is -2.34. The van der Waals surface area contributed by atoms with Crippen molar-refractivity contribution in [1.82, 2.24) is 19.0 Å². The van der Waals surface area contributed by atoms with Gasteiger partial charge in [-0.05, 0) is 57.0 Å². The minimum atomic E-state index is -3.59. The first kappa shape index (κ1) is 22.2. The summed E-state index contributed by atoms with van der Waals surface area (Å²) in [5.74, 6) is -0.121. The fourth-order valence-electron chi connectivity index (χ4n) is 3.99. The highest BCUT2D eigenvalue weighted by atomic mass is 32.2. The van der Waals surface area contributed by atoms with Crippen LogP contribution in [0.4, 0.5) is 0 Å². The summed E-state index contributed by atoms with van der Waals surface area (Å²) in [6.07, 6.45) is 1.59. The molecule has 0 spiro atoms. The van der Waals surface area contributed by atoms with E-state index in [9.17, 15) is 13.2 Å². The van der Waals surface area contributed by atoms with Crippen molar-refractivity contribution in [2.24, 2.45) is 0 Å². The quantitative estimate of drug-likeness (QED) is 0.609. The van der Waals surface area contributed by atoms with Crippen LogP contribution in [-0.4, -0.2) is 59.5 Å². The molecule has 1 aliphatic rings. The maximum absolute atomic E-state index is 13.2. The second kappa shape index (κ2) is 8.52. The standard InChI is InChI=1S/C24H28N4O3S/c1-17-6-9-21(10-7-17)28-20(4)22(16-25-28)24(29)26-11-13-27(14-12-26)32(30,31)23-15-18(2)5-8-19(23)3/h5-10,15-16H,11-14H2,1-4H3. The van der Waals surface area contributed by atoms with E-state index >= 15 is 0 Å². The number of hydrogen-bond acceptors (Lipinski definition) is 4. The molecule has 32 heavy (non-hydrogen) atoms. The number of amides is 1. The number of sulfonamides is 1. The highest BCUT2D eigenvalue weighted by Crippen LogP contribution is 2.23. The molecule has 8 heteroatoms. The lowest BCUT2D eigenvalue weighted by Crippen LogP contribution is -2.50. The molecule has 1 saturated heterocycles. The summed E-state index contributed by atoms with van der Waals surface area (Å²) in [6, 6.07) is 13.4. The van der Waals surface area contributed by atoms with Crippen LogP contribution in [0.1, 0.15) is 32.7 Å². The van der Waals surface area contributed by atoms with E-state index in [0.29, 0.717) is 23.5 Å². The first-order chi connectivity index (χ1) is 15.2. The van der Waals surface area contributed by atoms with E-state index in [1.807, 2.05) is 57.2 Å². The van der Waals surface area contributed by atoms with Crippen LogP contribution in [-0.2, 0) is 10.0 Å². The molecule has 2 heterocycles. The lowest BCUT2D eigenvalue weighted by molar-refractivity contribution is 0.0697. The Morgan fingerprint density at radius 2 is 1.50 bits per heavy atom. The van der Waals surface area contributed by atoms with Gasteiger partial charge in [0.25, 0.3) is 5.91 Å². The van der Waals surface area contributed by atoms with Gasteiger partial charge in [-0.15, -0.1) is 0 Å². The zero-order chi connectivity index (χ0) is 23.0. The van der Waals surface area contributed by atoms with Gasteiger partial charge in [0, 0.05) is 26.2 Å². The Hall–Kier alpha value is -2.97. The highest BCUT2D eigenvalue weighted by molar-refractivity contribution is 7.89. The Kier molecular flexibility index (Phi) is 5.92. The van der Waals surface area contributed by atoms with Crippen LogP contribution in [0.25, 0.3) is 5.69 Å². The Bertz CT molecular complexity index is 1250. The molecular formula is C24H28N4O3S. The van der Waals surface area contributed by atoms with Crippen LogP contribution in [0.15, 0.2) is 53.6 Å². The third-order valence-electron chi connectivity index (χ3n) is 6.01. The third-order valence-corrected chi connectivity index (χ3v) is 8.05. The molecule has 4 rings (SSSR count). The maximum Gasteiger partial charge on any atom is 0.257 e. The largest absolute Gasteiger partial charge is 0.336 e. The minimum Gasteiger partial charge on any atom is -0.336 e. The van der Waals surface area contributed by atoms with E-state index in [1.54, 1.807) is 28.8 Å². The monoisotopic (exact) mass is 452 g/mol. The number of aryl methyl sites for hydroxylation is 3. The summed E-state index contributed by atoms with van der Waals surface area (Å²) in [6.45, 7) is 8.82. The minimum absolute atomic E-state index is 0.121. The third kappa shape index (κ3) is 4.08. The molecule has 3 aromatic rings. The number of benzene rings is 2. The van der Waals surface area contributed by atoms with Gasteiger partial charge in [-0.1, -0.05) is 29.8 Å². The van der Waals surface area contributed by atoms with Gasteiger partial charge in [0.05, 0.1) is 28.0 Å². The van der Waals surface area contributed by atoms with Crippen LogP contribution in [0.2, 0.25) is 0 Å². The van der Waals surface area contributed by atoms with E-state index in [2.05, 4.69) is 5.10 Å². The number of carbonyl (C=O) groups excluding carboxylic acids is 1. The van der Waals surface area contributed by atoms with Gasteiger partial charge in [-0.3, -0.25) is 4.79 Å². The molecule has 0 radical (unpaired) electrons. The molecule has 1 fully saturated rings. The predicted octanol–water partition coefficient (Wildman–Crippen LogP) is 3.25. The maximum atomic E-state index is 13.2. The van der Waals surface area contributed by atoms with Crippen molar-refractivity contribution in [2.45, 2.75) is 32.6 Å². The number of nitrogens with zero attached hydrogens (tertiary/aromatic N) is 4. The molecule has 0 atom stereocenters. The van der Waals surface area contributed by atoms with Crippen molar-refractivity contribution in [3.63, 3.8) is 0 Å². The first-order valence-corrected chi connectivity index (χ1v) is 12.1. The van der Waals surface area contributed by atoms with Gasteiger partial charge in [-0.25, -0.2) is 13.1 Å². The van der Waals surface area contributed by atoms with Crippen LogP contribution in [0.3, 0.4) is 0 Å². The second-order valence-corrected chi connectivity index (χ2v) is 10.3. The van der Waals surface area contributed by atoms with Crippen molar-refractivity contribution < 1.29 is 13.2 Å². The molecular weight excluding hydrogens is 424 g/mol. The van der Waals surface area contributed by atoms with Gasteiger partial charge in [0.15, 0.2) is 0 Å². The average molecular weight is 453 g/mol. The summed E-state index contributed by atoms with van der Waals surface area (Å²) >= 11 is 0. The van der Waals surface area contributed by atoms with Gasteiger partial charge < -0.3 is 4.90 Å². The zero-order valence-corrected chi connectivity index (χ0v) is 19.7. The molecule has 1 aromatic heterocycles. The van der Waals surface area contributed by atoms with Gasteiger partial charge in [0.2, 0.25) is 10.0 Å². The number of piperazine rings is 1. The van der Waals surface area contributed by atoms with Crippen molar-refractivity contribution in [3.8, 4) is 5.69 Å². The topological polar surface area (TPSA) is 75.5 Å². The van der Waals surface area contributed by atoms with E-state index in [1.165, 1.54) is 4.31 Å². The summed E-state index contributed by atoms with van der Waals surface area (Å²) in [5.41, 5.74) is 5.00. The number of rotatable bonds is 4. The van der Waals surface area contributed by atoms with Gasteiger partial charge in [0.1, 0.15) is 0 Å². The van der Waals surface area contributed by atoms with E-state index in [0.717, 1.165) is 28.1 Å². The van der Waals surface area contributed by atoms with Crippen molar-refractivity contribution in [1.29, 1.82) is 0 Å². The second-order valence-electron chi connectivity index (χ2n) is 8.36. The van der Waals surface area contributed by atoms with E-state index in [4.69, 9.17) is 0 Å². The summed E-state index contributed by atoms with van der Waals surface area (Å²) in [7, 11) is -3.59. The molecule has 2 aromatic carbocycles. The molecule has 0 N–H and O–H groups in total. The Balaban J connectivity index is 1.48. The number of carbonyl (C=O) groups is 1. The molecule has 0 bridgehead atoms. The van der Waals surface area contributed by atoms with Crippen molar-refractivity contribution >= 4 is 15.9 Å². The smallest absolute Gasteiger partial charge is 0.257 e. The lowest BCUT2D eigenvalue weighted by atomic mass is 10.2. The predicted molar refractivity (Wildman–Crippen MR) is 124 cm³/mol. The number of hydrogen-bond donors (Lipinski definition) is 0. The highest BCUT2D eigenvalue weighted by Gasteiger charge is 2.32. The van der Waals surface area contributed by atoms with Crippen molar-refractivity contribution in [2.75, 3.05) is 26.2 Å². The zero-order valence-electron chi connectivity index (χ0n) is 18.9. The Morgan fingerprint density at radius 3 is 2.16 bits per heavy atom. The van der Waals surface area contributed by atoms with Crippen LogP contribution in [0, 0.1) is 27.7 Å². The molecule has 0 saturated carbocycles. The molecule has 1 aliphatic heterocycles. The fraction of sp³-hybridized carbons (Fsp3) is 0.333. The molecule has 7 nitrogen and oxygen atoms in total. The van der Waals surface area contributed by atoms with Crippen LogP contribution >= 0.6 is 0 Å². The Morgan fingerprint density at radius 1 is 0.875 bits per heavy atom. The average Bonchev–Trinajstić information content (AvgIpc) is 3.16. The summed E-state index contributed by atoms with van der Waals surface area (Å²) in [4.78, 5) is 15.2. The summed E-state index contributed by atoms with van der Waals surface area (Å²) < 4.78 is 29.5. The Labute approximate surface area is 189 Å². The molecule has 0 aliphatic carbocycles. The van der Waals surface area contributed by atoms with Gasteiger partial charge >= 0.3 is 0 Å². The fourth-order valence-corrected chi connectivity index (χ4v) is 5.72. The normalized spacial score (nSPS) is 15.2. The molecule has 1 amide bonds. The van der Waals surface area contributed by atoms with E-state index in [-0.39, 0.29) is 19.0 Å². The number of aromatic nitrogens is 2. The molecule has 168 valence electrons. The summed E-state index contributed by atoms with van der Waals surface area (Å²) in [5, 5.41) is 4.41. The first-order valence-electron chi connectivity index (χ1n) is 10.7. The van der Waals surface area contributed by atoms with Gasteiger partial charge in [-0.2, -0.15) is 9.40 Å². The molecule has 0 unspecified atom stereocenters.